The molecule has 0 radical (unpaired) electrons. The maximum absolute atomic E-state index is 11.9. The average molecular weight is 411 g/mol. The molecule has 1 aliphatic rings. The maximum Gasteiger partial charge on any atom is 0.245 e. The van der Waals surface area contributed by atoms with E-state index in [1.165, 1.54) is 6.08 Å². The predicted octanol–water partition coefficient (Wildman–Crippen LogP) is 1.52. The Labute approximate surface area is 173 Å². The van der Waals surface area contributed by atoms with Gasteiger partial charge in [0.2, 0.25) is 17.7 Å². The lowest BCUT2D eigenvalue weighted by atomic mass is 9.99. The van der Waals surface area contributed by atoms with Gasteiger partial charge in [0.05, 0.1) is 23.9 Å². The molecule has 3 aromatic rings. The molecule has 10 heteroatoms. The van der Waals surface area contributed by atoms with Gasteiger partial charge in [-0.1, -0.05) is 13.5 Å². The fraction of sp³-hybridized carbons (Fsp3) is 0.400. The molecule has 1 aliphatic heterocycles. The fourth-order valence-corrected chi connectivity index (χ4v) is 3.68. The molecular weight excluding hydrogens is 386 g/mol. The summed E-state index contributed by atoms with van der Waals surface area (Å²) in [4.78, 5) is 22.8. The van der Waals surface area contributed by atoms with E-state index in [2.05, 4.69) is 33.9 Å². The van der Waals surface area contributed by atoms with Crippen LogP contribution in [0, 0.1) is 11.8 Å². The summed E-state index contributed by atoms with van der Waals surface area (Å²) in [6.45, 7) is 7.20. The molecule has 4 heterocycles. The van der Waals surface area contributed by atoms with Gasteiger partial charge in [0.15, 0.2) is 5.65 Å². The van der Waals surface area contributed by atoms with Gasteiger partial charge in [-0.3, -0.25) is 9.48 Å². The van der Waals surface area contributed by atoms with Crippen LogP contribution < -0.4 is 10.1 Å². The van der Waals surface area contributed by atoms with Crippen molar-refractivity contribution < 1.29 is 14.6 Å². The predicted molar refractivity (Wildman–Crippen MR) is 111 cm³/mol. The minimum atomic E-state index is -0.204. The number of ether oxygens (including phenoxy) is 1. The molecular formula is C20H25N7O3. The second-order valence-corrected chi connectivity index (χ2v) is 7.54. The molecule has 3 aromatic heterocycles. The third-order valence-electron chi connectivity index (χ3n) is 5.39. The summed E-state index contributed by atoms with van der Waals surface area (Å²) in [5.41, 5.74) is 1.31. The number of nitrogens with one attached hydrogen (secondary N) is 1. The molecule has 1 amide bonds. The molecule has 30 heavy (non-hydrogen) atoms. The Kier molecular flexibility index (Phi) is 5.40. The first-order valence-corrected chi connectivity index (χ1v) is 9.76. The topological polar surface area (TPSA) is 110 Å². The highest BCUT2D eigenvalue weighted by Gasteiger charge is 2.32. The molecule has 2 N–H and O–H groups in total. The van der Waals surface area contributed by atoms with Gasteiger partial charge in [-0.15, -0.1) is 0 Å². The van der Waals surface area contributed by atoms with Crippen LogP contribution in [0.1, 0.15) is 6.92 Å². The Bertz CT molecular complexity index is 1070. The van der Waals surface area contributed by atoms with E-state index >= 15 is 0 Å². The molecule has 0 bridgehead atoms. The summed E-state index contributed by atoms with van der Waals surface area (Å²) < 4.78 is 9.39. The number of nitrogens with zero attached hydrogens (tertiary/aromatic N) is 6. The van der Waals surface area contributed by atoms with E-state index in [-0.39, 0.29) is 18.6 Å². The number of likely N-dealkylation sites (tertiary alicyclic amines) is 1. The summed E-state index contributed by atoms with van der Waals surface area (Å²) in [5.74, 6) is 1.22. The van der Waals surface area contributed by atoms with Crippen molar-refractivity contribution in [1.29, 1.82) is 0 Å². The highest BCUT2D eigenvalue weighted by atomic mass is 16.5. The summed E-state index contributed by atoms with van der Waals surface area (Å²) in [6.07, 6.45) is 6.57. The summed E-state index contributed by atoms with van der Waals surface area (Å²) >= 11 is 0. The van der Waals surface area contributed by atoms with Gasteiger partial charge in [0.1, 0.15) is 6.73 Å². The van der Waals surface area contributed by atoms with E-state index in [0.717, 1.165) is 5.69 Å². The lowest BCUT2D eigenvalue weighted by molar-refractivity contribution is -0.125. The van der Waals surface area contributed by atoms with E-state index in [1.807, 2.05) is 19.3 Å². The Morgan fingerprint density at radius 1 is 1.43 bits per heavy atom. The Morgan fingerprint density at radius 3 is 2.97 bits per heavy atom. The SMILES string of the molecule is C=CC(=O)N1CC(C)C(COc2nc(Nc3cnn(C)c3)nc3c2ccn3CO)C1. The van der Waals surface area contributed by atoms with Crippen LogP contribution in [0.25, 0.3) is 11.0 Å². The zero-order chi connectivity index (χ0) is 21.3. The van der Waals surface area contributed by atoms with E-state index in [1.54, 1.807) is 26.5 Å². The van der Waals surface area contributed by atoms with Gasteiger partial charge in [-0.05, 0) is 18.1 Å². The highest BCUT2D eigenvalue weighted by molar-refractivity contribution is 5.87. The minimum absolute atomic E-state index is 0.0586. The van der Waals surface area contributed by atoms with Crippen LogP contribution >= 0.6 is 0 Å². The molecule has 1 saturated heterocycles. The second kappa shape index (κ2) is 8.15. The van der Waals surface area contributed by atoms with Crippen LogP contribution in [-0.4, -0.2) is 59.9 Å². The number of hydrogen-bond donors (Lipinski definition) is 2. The monoisotopic (exact) mass is 411 g/mol. The number of hydrogen-bond acceptors (Lipinski definition) is 7. The van der Waals surface area contributed by atoms with Crippen LogP contribution in [-0.2, 0) is 18.6 Å². The van der Waals surface area contributed by atoms with Crippen LogP contribution in [0.2, 0.25) is 0 Å². The number of aliphatic hydroxyl groups excluding tert-OH is 1. The molecule has 1 fully saturated rings. The lowest BCUT2D eigenvalue weighted by Crippen LogP contribution is -2.27. The smallest absolute Gasteiger partial charge is 0.245 e. The number of fused-ring (bicyclic) bond motifs is 1. The Morgan fingerprint density at radius 2 is 2.27 bits per heavy atom. The van der Waals surface area contributed by atoms with Gasteiger partial charge in [0.25, 0.3) is 0 Å². The Hall–Kier alpha value is -3.40. The van der Waals surface area contributed by atoms with Crippen molar-refractivity contribution in [2.75, 3.05) is 25.0 Å². The third-order valence-corrected chi connectivity index (χ3v) is 5.39. The first kappa shape index (κ1) is 19.9. The molecule has 0 spiro atoms. The Balaban J connectivity index is 1.57. The number of aromatic nitrogens is 5. The number of anilines is 2. The average Bonchev–Trinajstić information content (AvgIpc) is 3.44. The van der Waals surface area contributed by atoms with Gasteiger partial charge >= 0.3 is 0 Å². The molecule has 0 saturated carbocycles. The number of rotatable bonds is 7. The van der Waals surface area contributed by atoms with Crippen LogP contribution in [0.5, 0.6) is 5.88 Å². The van der Waals surface area contributed by atoms with Crippen molar-refractivity contribution in [1.82, 2.24) is 29.2 Å². The number of carbonyl (C=O) groups is 1. The second-order valence-electron chi connectivity index (χ2n) is 7.54. The third kappa shape index (κ3) is 3.86. The molecule has 0 aromatic carbocycles. The quantitative estimate of drug-likeness (QED) is 0.567. The molecule has 2 atom stereocenters. The number of aliphatic hydroxyl groups is 1. The van der Waals surface area contributed by atoms with Crippen molar-refractivity contribution in [2.24, 2.45) is 18.9 Å². The molecule has 158 valence electrons. The first-order valence-electron chi connectivity index (χ1n) is 9.76. The van der Waals surface area contributed by atoms with Crippen molar-refractivity contribution in [3.8, 4) is 5.88 Å². The summed E-state index contributed by atoms with van der Waals surface area (Å²) in [7, 11) is 1.82. The van der Waals surface area contributed by atoms with Crippen molar-refractivity contribution in [3.63, 3.8) is 0 Å². The summed E-state index contributed by atoms with van der Waals surface area (Å²) in [6, 6.07) is 1.82. The first-order chi connectivity index (χ1) is 14.5. The van der Waals surface area contributed by atoms with Crippen molar-refractivity contribution in [3.05, 3.63) is 37.3 Å². The van der Waals surface area contributed by atoms with Gasteiger partial charge in [0, 0.05) is 38.4 Å². The van der Waals surface area contributed by atoms with Crippen LogP contribution in [0.15, 0.2) is 37.3 Å². The fourth-order valence-electron chi connectivity index (χ4n) is 3.68. The van der Waals surface area contributed by atoms with E-state index in [4.69, 9.17) is 4.74 Å². The molecule has 2 unspecified atom stereocenters. The maximum atomic E-state index is 11.9. The number of carbonyl (C=O) groups excluding carboxylic acids is 1. The molecule has 4 rings (SSSR count). The van der Waals surface area contributed by atoms with E-state index in [9.17, 15) is 9.90 Å². The normalized spacial score (nSPS) is 18.7. The molecule has 0 aliphatic carbocycles. The molecule has 10 nitrogen and oxygen atoms in total. The standard InChI is InChI=1S/C20H25N7O3/c1-4-17(29)27-8-13(2)14(9-27)11-30-19-16-5-6-26(12-28)18(16)23-20(24-19)22-15-7-21-25(3)10-15/h4-7,10,13-14,28H,1,8-9,11-12H2,2-3H3,(H,22,23,24). The van der Waals surface area contributed by atoms with E-state index in [0.29, 0.717) is 48.5 Å². The number of aryl methyl sites for hydroxylation is 1. The largest absolute Gasteiger partial charge is 0.477 e. The van der Waals surface area contributed by atoms with Crippen LogP contribution in [0.3, 0.4) is 0 Å². The number of amides is 1. The minimum Gasteiger partial charge on any atom is -0.477 e. The van der Waals surface area contributed by atoms with Crippen molar-refractivity contribution in [2.45, 2.75) is 13.7 Å². The van der Waals surface area contributed by atoms with Gasteiger partial charge < -0.3 is 24.6 Å². The zero-order valence-corrected chi connectivity index (χ0v) is 17.0. The lowest BCUT2D eigenvalue weighted by Gasteiger charge is -2.16. The van der Waals surface area contributed by atoms with E-state index < -0.39 is 0 Å². The zero-order valence-electron chi connectivity index (χ0n) is 17.0. The summed E-state index contributed by atoms with van der Waals surface area (Å²) in [5, 5.41) is 17.6. The van der Waals surface area contributed by atoms with Crippen LogP contribution in [0.4, 0.5) is 11.6 Å². The van der Waals surface area contributed by atoms with Gasteiger partial charge in [-0.25, -0.2) is 0 Å². The van der Waals surface area contributed by atoms with Crippen molar-refractivity contribution >= 4 is 28.6 Å². The van der Waals surface area contributed by atoms with Gasteiger partial charge in [-0.2, -0.15) is 15.1 Å². The highest BCUT2D eigenvalue weighted by Crippen LogP contribution is 2.29.